The van der Waals surface area contributed by atoms with Crippen LogP contribution in [0.4, 0.5) is 0 Å². The third-order valence-corrected chi connectivity index (χ3v) is 13.3. The maximum atomic E-state index is 4.31. The summed E-state index contributed by atoms with van der Waals surface area (Å²) in [5, 5.41) is 0.939. The van der Waals surface area contributed by atoms with Gasteiger partial charge in [0.2, 0.25) is 0 Å². The number of benzene rings is 3. The molecule has 0 spiro atoms. The molecule has 3 aromatic rings. The first-order valence-electron chi connectivity index (χ1n) is 7.91. The molecule has 3 aromatic carbocycles. The number of halogens is 1. The van der Waals surface area contributed by atoms with E-state index in [9.17, 15) is 0 Å². The predicted octanol–water partition coefficient (Wildman–Crippen LogP) is 5.53. The van der Waals surface area contributed by atoms with Crippen molar-refractivity contribution in [1.29, 1.82) is 0 Å². The summed E-state index contributed by atoms with van der Waals surface area (Å²) in [6, 6.07) is 32.0. The fourth-order valence-corrected chi connectivity index (χ4v) is 9.74. The van der Waals surface area contributed by atoms with Gasteiger partial charge >= 0.3 is 152 Å². The van der Waals surface area contributed by atoms with Gasteiger partial charge in [-0.05, 0) is 0 Å². The molecule has 0 fully saturated rings. The van der Waals surface area contributed by atoms with Crippen molar-refractivity contribution in [3.8, 4) is 0 Å². The summed E-state index contributed by atoms with van der Waals surface area (Å²) in [6.07, 6.45) is 3.90. The Balaban J connectivity index is 2.47. The molecule has 0 saturated heterocycles. The SMILES string of the molecule is C=C/C=C/P(Br)(c1ccccc1)(c1ccccc1)c1ccccc1. The molecule has 0 aliphatic rings. The van der Waals surface area contributed by atoms with Crippen molar-refractivity contribution in [3.05, 3.63) is 116 Å². The van der Waals surface area contributed by atoms with Gasteiger partial charge in [-0.1, -0.05) is 0 Å². The summed E-state index contributed by atoms with van der Waals surface area (Å²) in [5.74, 6) is 2.30. The van der Waals surface area contributed by atoms with Crippen molar-refractivity contribution in [3.63, 3.8) is 0 Å². The van der Waals surface area contributed by atoms with Crippen LogP contribution in [0.2, 0.25) is 0 Å². The van der Waals surface area contributed by atoms with Crippen molar-refractivity contribution in [2.45, 2.75) is 0 Å². The normalized spacial score (nSPS) is 13.3. The summed E-state index contributed by atoms with van der Waals surface area (Å²) in [7, 11) is 0. The summed E-state index contributed by atoms with van der Waals surface area (Å²) >= 11 is 4.31. The number of rotatable bonds is 5. The van der Waals surface area contributed by atoms with E-state index in [0.29, 0.717) is 0 Å². The predicted molar refractivity (Wildman–Crippen MR) is 113 cm³/mol. The molecule has 0 N–H and O–H groups in total. The molecular weight excluding hydrogens is 375 g/mol. The Morgan fingerprint density at radius 2 is 0.958 bits per heavy atom. The molecule has 3 rings (SSSR count). The molecule has 0 heterocycles. The topological polar surface area (TPSA) is 0 Å². The zero-order chi connectivity index (χ0) is 16.9. The zero-order valence-electron chi connectivity index (χ0n) is 13.4. The minimum absolute atomic E-state index is 1.28. The van der Waals surface area contributed by atoms with Crippen molar-refractivity contribution in [2.75, 3.05) is 0 Å². The fraction of sp³-hybridized carbons (Fsp3) is 0. The average molecular weight is 395 g/mol. The minimum atomic E-state index is -2.89. The molecule has 0 unspecified atom stereocenters. The molecule has 0 aromatic heterocycles. The molecule has 0 bridgehead atoms. The monoisotopic (exact) mass is 394 g/mol. The molecule has 2 heteroatoms. The molecule has 0 saturated carbocycles. The van der Waals surface area contributed by atoms with E-state index >= 15 is 0 Å². The van der Waals surface area contributed by atoms with Crippen LogP contribution in [-0.2, 0) is 0 Å². The van der Waals surface area contributed by atoms with Crippen LogP contribution in [0.15, 0.2) is 116 Å². The Morgan fingerprint density at radius 3 is 1.25 bits per heavy atom. The van der Waals surface area contributed by atoms with Crippen molar-refractivity contribution in [1.82, 2.24) is 0 Å². The van der Waals surface area contributed by atoms with Gasteiger partial charge < -0.3 is 0 Å². The molecule has 0 atom stereocenters. The Kier molecular flexibility index (Phi) is 4.85. The van der Waals surface area contributed by atoms with Crippen molar-refractivity contribution >= 4 is 36.7 Å². The van der Waals surface area contributed by atoms with Gasteiger partial charge in [-0.15, -0.1) is 0 Å². The second-order valence-electron chi connectivity index (χ2n) is 5.66. The quantitative estimate of drug-likeness (QED) is 0.394. The maximum absolute atomic E-state index is 4.31. The molecular formula is C22H20BrP. The van der Waals surface area contributed by atoms with Crippen LogP contribution >= 0.6 is 20.8 Å². The van der Waals surface area contributed by atoms with Gasteiger partial charge in [-0.2, -0.15) is 0 Å². The first-order valence-corrected chi connectivity index (χ1v) is 12.2. The van der Waals surface area contributed by atoms with Gasteiger partial charge in [-0.3, -0.25) is 0 Å². The molecule has 0 aliphatic heterocycles. The molecule has 120 valence electrons. The van der Waals surface area contributed by atoms with E-state index < -0.39 is 5.31 Å². The number of hydrogen-bond donors (Lipinski definition) is 0. The van der Waals surface area contributed by atoms with Gasteiger partial charge in [0.15, 0.2) is 0 Å². The molecule has 0 aliphatic carbocycles. The molecule has 0 nitrogen and oxygen atoms in total. The Labute approximate surface area is 152 Å². The fourth-order valence-electron chi connectivity index (χ4n) is 3.09. The van der Waals surface area contributed by atoms with Gasteiger partial charge in [0.05, 0.1) is 0 Å². The Bertz CT molecular complexity index is 739. The van der Waals surface area contributed by atoms with E-state index in [1.165, 1.54) is 15.9 Å². The van der Waals surface area contributed by atoms with Crippen LogP contribution < -0.4 is 15.9 Å². The number of hydrogen-bond acceptors (Lipinski definition) is 0. The van der Waals surface area contributed by atoms with Crippen LogP contribution in [-0.4, -0.2) is 0 Å². The van der Waals surface area contributed by atoms with Crippen LogP contribution in [0.3, 0.4) is 0 Å². The van der Waals surface area contributed by atoms with Crippen LogP contribution in [0, 0.1) is 0 Å². The van der Waals surface area contributed by atoms with E-state index in [2.05, 4.69) is 125 Å². The molecule has 0 amide bonds. The van der Waals surface area contributed by atoms with Gasteiger partial charge in [-0.25, -0.2) is 0 Å². The summed E-state index contributed by atoms with van der Waals surface area (Å²) in [4.78, 5) is 0. The van der Waals surface area contributed by atoms with Gasteiger partial charge in [0.25, 0.3) is 0 Å². The van der Waals surface area contributed by atoms with Crippen LogP contribution in [0.1, 0.15) is 0 Å². The Hall–Kier alpha value is -1.95. The van der Waals surface area contributed by atoms with Crippen LogP contribution in [0.25, 0.3) is 0 Å². The second kappa shape index (κ2) is 6.89. The summed E-state index contributed by atoms with van der Waals surface area (Å²) < 4.78 is 0. The molecule has 24 heavy (non-hydrogen) atoms. The summed E-state index contributed by atoms with van der Waals surface area (Å²) in [6.45, 7) is 3.89. The van der Waals surface area contributed by atoms with E-state index in [0.717, 1.165) is 0 Å². The van der Waals surface area contributed by atoms with Crippen molar-refractivity contribution < 1.29 is 0 Å². The number of allylic oxidation sites excluding steroid dienone is 2. The first kappa shape index (κ1) is 16.9. The zero-order valence-corrected chi connectivity index (χ0v) is 15.9. The summed E-state index contributed by atoms with van der Waals surface area (Å²) in [5.41, 5.74) is 0. The van der Waals surface area contributed by atoms with Gasteiger partial charge in [0.1, 0.15) is 0 Å². The van der Waals surface area contributed by atoms with E-state index in [4.69, 9.17) is 0 Å². The van der Waals surface area contributed by atoms with Crippen molar-refractivity contribution in [2.24, 2.45) is 0 Å². The second-order valence-corrected chi connectivity index (χ2v) is 14.1. The first-order chi connectivity index (χ1) is 11.7. The van der Waals surface area contributed by atoms with E-state index in [1.807, 2.05) is 6.08 Å². The third kappa shape index (κ3) is 2.69. The van der Waals surface area contributed by atoms with Gasteiger partial charge in [0, 0.05) is 0 Å². The van der Waals surface area contributed by atoms with E-state index in [-0.39, 0.29) is 0 Å². The standard InChI is InChI=1S/C22H20BrP/c1-2-3-19-24(23,20-13-7-4-8-14-20,21-15-9-5-10-16-21)22-17-11-6-12-18-22/h2-19H,1H2/b19-3+. The van der Waals surface area contributed by atoms with Crippen LogP contribution in [0.5, 0.6) is 0 Å². The third-order valence-electron chi connectivity index (χ3n) is 4.29. The van der Waals surface area contributed by atoms with E-state index in [1.54, 1.807) is 0 Å². The molecule has 0 radical (unpaired) electrons. The average Bonchev–Trinajstić information content (AvgIpc) is 2.68. The Morgan fingerprint density at radius 1 is 0.625 bits per heavy atom.